The zero-order valence-electron chi connectivity index (χ0n) is 14.9. The summed E-state index contributed by atoms with van der Waals surface area (Å²) in [5, 5.41) is 3.02. The van der Waals surface area contributed by atoms with Gasteiger partial charge >= 0.3 is 0 Å². The van der Waals surface area contributed by atoms with Crippen LogP contribution >= 0.6 is 0 Å². The SMILES string of the molecule is Cc1cc(C(=O)NC[C@H]2Cc3ccccc3O2)c(C)n1-c1cccnc1. The molecule has 0 aliphatic carbocycles. The average Bonchev–Trinajstić information content (AvgIpc) is 3.20. The van der Waals surface area contributed by atoms with Gasteiger partial charge < -0.3 is 14.6 Å². The van der Waals surface area contributed by atoms with Gasteiger partial charge in [0.05, 0.1) is 24.0 Å². The van der Waals surface area contributed by atoms with E-state index in [4.69, 9.17) is 4.74 Å². The van der Waals surface area contributed by atoms with E-state index in [0.29, 0.717) is 12.1 Å². The van der Waals surface area contributed by atoms with E-state index >= 15 is 0 Å². The van der Waals surface area contributed by atoms with Gasteiger partial charge in [-0.1, -0.05) is 18.2 Å². The number of pyridine rings is 1. The monoisotopic (exact) mass is 347 g/mol. The van der Waals surface area contributed by atoms with Gasteiger partial charge in [-0.2, -0.15) is 0 Å². The number of rotatable bonds is 4. The Bertz CT molecular complexity index is 922. The minimum absolute atomic E-state index is 0.0156. The van der Waals surface area contributed by atoms with Gasteiger partial charge in [-0.05, 0) is 43.7 Å². The molecule has 1 amide bonds. The lowest BCUT2D eigenvalue weighted by Crippen LogP contribution is -2.34. The lowest BCUT2D eigenvalue weighted by molar-refractivity contribution is 0.0933. The first kappa shape index (κ1) is 16.4. The van der Waals surface area contributed by atoms with Crippen LogP contribution in [0.1, 0.15) is 27.3 Å². The molecular weight excluding hydrogens is 326 g/mol. The standard InChI is InChI=1S/C21H21N3O2/c1-14-10-19(15(2)24(14)17-7-5-9-22-12-17)21(25)23-13-18-11-16-6-3-4-8-20(16)26-18/h3-10,12,18H,11,13H2,1-2H3,(H,23,25)/t18-/m1/s1. The first-order valence-electron chi connectivity index (χ1n) is 8.75. The fraction of sp³-hybridized carbons (Fsp3) is 0.238. The summed E-state index contributed by atoms with van der Waals surface area (Å²) < 4.78 is 7.94. The third kappa shape index (κ3) is 2.96. The molecule has 0 spiro atoms. The summed E-state index contributed by atoms with van der Waals surface area (Å²) in [4.78, 5) is 16.9. The van der Waals surface area contributed by atoms with Crippen molar-refractivity contribution in [3.63, 3.8) is 0 Å². The first-order valence-corrected chi connectivity index (χ1v) is 8.75. The second-order valence-corrected chi connectivity index (χ2v) is 6.59. The Balaban J connectivity index is 1.46. The van der Waals surface area contributed by atoms with E-state index in [-0.39, 0.29) is 12.0 Å². The predicted molar refractivity (Wildman–Crippen MR) is 99.9 cm³/mol. The van der Waals surface area contributed by atoms with E-state index in [9.17, 15) is 4.79 Å². The van der Waals surface area contributed by atoms with Crippen LogP contribution in [-0.2, 0) is 6.42 Å². The molecule has 0 saturated heterocycles. The third-order valence-electron chi connectivity index (χ3n) is 4.78. The summed E-state index contributed by atoms with van der Waals surface area (Å²) in [6.07, 6.45) is 4.35. The Morgan fingerprint density at radius 3 is 2.88 bits per heavy atom. The van der Waals surface area contributed by atoms with Crippen molar-refractivity contribution in [3.05, 3.63) is 77.4 Å². The molecule has 1 aromatic carbocycles. The number of hydrogen-bond donors (Lipinski definition) is 1. The van der Waals surface area contributed by atoms with Crippen molar-refractivity contribution in [1.82, 2.24) is 14.9 Å². The van der Waals surface area contributed by atoms with Gasteiger partial charge in [0, 0.05) is 24.0 Å². The number of aryl methyl sites for hydroxylation is 1. The number of fused-ring (bicyclic) bond motifs is 1. The van der Waals surface area contributed by atoms with E-state index in [1.807, 2.05) is 54.8 Å². The minimum atomic E-state index is -0.0761. The molecule has 0 radical (unpaired) electrons. The average molecular weight is 347 g/mol. The Morgan fingerprint density at radius 2 is 2.12 bits per heavy atom. The zero-order chi connectivity index (χ0) is 18.1. The molecule has 3 heterocycles. The summed E-state index contributed by atoms with van der Waals surface area (Å²) in [7, 11) is 0. The largest absolute Gasteiger partial charge is 0.488 e. The minimum Gasteiger partial charge on any atom is -0.488 e. The van der Waals surface area contributed by atoms with Crippen molar-refractivity contribution in [1.29, 1.82) is 0 Å². The van der Waals surface area contributed by atoms with Crippen LogP contribution in [0.2, 0.25) is 0 Å². The summed E-state index contributed by atoms with van der Waals surface area (Å²) in [5.74, 6) is 0.842. The number of amides is 1. The molecule has 5 nitrogen and oxygen atoms in total. The lowest BCUT2D eigenvalue weighted by atomic mass is 10.1. The summed E-state index contributed by atoms with van der Waals surface area (Å²) in [5.41, 5.74) is 4.74. The highest BCUT2D eigenvalue weighted by Gasteiger charge is 2.24. The molecule has 5 heteroatoms. The van der Waals surface area contributed by atoms with Crippen LogP contribution in [0.3, 0.4) is 0 Å². The van der Waals surface area contributed by atoms with Gasteiger partial charge in [0.25, 0.3) is 5.91 Å². The molecule has 0 fully saturated rings. The Morgan fingerprint density at radius 1 is 1.27 bits per heavy atom. The van der Waals surface area contributed by atoms with E-state index < -0.39 is 0 Å². The van der Waals surface area contributed by atoms with Gasteiger partial charge in [-0.15, -0.1) is 0 Å². The highest BCUT2D eigenvalue weighted by Crippen LogP contribution is 2.28. The molecule has 0 saturated carbocycles. The van der Waals surface area contributed by atoms with E-state index in [1.54, 1.807) is 12.4 Å². The fourth-order valence-corrected chi connectivity index (χ4v) is 3.55. The Labute approximate surface area is 152 Å². The van der Waals surface area contributed by atoms with Crippen LogP contribution in [0.4, 0.5) is 0 Å². The van der Waals surface area contributed by atoms with Crippen LogP contribution in [0.5, 0.6) is 5.75 Å². The summed E-state index contributed by atoms with van der Waals surface area (Å²) in [6, 6.07) is 13.8. The molecule has 2 aromatic heterocycles. The maximum absolute atomic E-state index is 12.7. The number of nitrogens with zero attached hydrogens (tertiary/aromatic N) is 2. The fourth-order valence-electron chi connectivity index (χ4n) is 3.55. The lowest BCUT2D eigenvalue weighted by Gasteiger charge is -2.12. The van der Waals surface area contributed by atoms with Crippen molar-refractivity contribution >= 4 is 5.91 Å². The molecule has 26 heavy (non-hydrogen) atoms. The third-order valence-corrected chi connectivity index (χ3v) is 4.78. The normalized spacial score (nSPS) is 15.4. The number of benzene rings is 1. The molecule has 1 atom stereocenters. The number of carbonyl (C=O) groups is 1. The molecule has 4 rings (SSSR count). The van der Waals surface area contributed by atoms with Crippen molar-refractivity contribution in [2.75, 3.05) is 6.54 Å². The quantitative estimate of drug-likeness (QED) is 0.788. The van der Waals surface area contributed by atoms with Gasteiger partial charge in [0.1, 0.15) is 11.9 Å². The molecular formula is C21H21N3O2. The Kier molecular flexibility index (Phi) is 4.21. The highest BCUT2D eigenvalue weighted by atomic mass is 16.5. The molecule has 3 aromatic rings. The van der Waals surface area contributed by atoms with Crippen LogP contribution in [0, 0.1) is 13.8 Å². The number of para-hydroxylation sites is 1. The van der Waals surface area contributed by atoms with Crippen LogP contribution in [0.25, 0.3) is 5.69 Å². The van der Waals surface area contributed by atoms with Crippen LogP contribution < -0.4 is 10.1 Å². The maximum atomic E-state index is 12.7. The highest BCUT2D eigenvalue weighted by molar-refractivity contribution is 5.96. The van der Waals surface area contributed by atoms with Crippen LogP contribution in [0.15, 0.2) is 54.9 Å². The molecule has 1 aliphatic heterocycles. The van der Waals surface area contributed by atoms with Gasteiger partial charge in [0.2, 0.25) is 0 Å². The van der Waals surface area contributed by atoms with E-state index in [0.717, 1.165) is 29.2 Å². The maximum Gasteiger partial charge on any atom is 0.253 e. The van der Waals surface area contributed by atoms with E-state index in [1.165, 1.54) is 5.56 Å². The van der Waals surface area contributed by atoms with E-state index in [2.05, 4.69) is 16.4 Å². The van der Waals surface area contributed by atoms with Crippen LogP contribution in [-0.4, -0.2) is 28.1 Å². The zero-order valence-corrected chi connectivity index (χ0v) is 14.9. The van der Waals surface area contributed by atoms with Crippen molar-refractivity contribution in [2.24, 2.45) is 0 Å². The number of carbonyl (C=O) groups excluding carboxylic acids is 1. The topological polar surface area (TPSA) is 56.1 Å². The second-order valence-electron chi connectivity index (χ2n) is 6.59. The van der Waals surface area contributed by atoms with Gasteiger partial charge in [-0.25, -0.2) is 0 Å². The predicted octanol–water partition coefficient (Wildman–Crippen LogP) is 3.22. The molecule has 0 bridgehead atoms. The van der Waals surface area contributed by atoms with Crippen molar-refractivity contribution in [2.45, 2.75) is 26.4 Å². The molecule has 1 N–H and O–H groups in total. The number of hydrogen-bond acceptors (Lipinski definition) is 3. The number of aromatic nitrogens is 2. The Hall–Kier alpha value is -3.08. The molecule has 1 aliphatic rings. The van der Waals surface area contributed by atoms with Gasteiger partial charge in [0.15, 0.2) is 0 Å². The van der Waals surface area contributed by atoms with Crippen molar-refractivity contribution in [3.8, 4) is 11.4 Å². The van der Waals surface area contributed by atoms with Gasteiger partial charge in [-0.3, -0.25) is 9.78 Å². The molecule has 0 unspecified atom stereocenters. The molecule has 132 valence electrons. The first-order chi connectivity index (χ1) is 12.6. The summed E-state index contributed by atoms with van der Waals surface area (Å²) in [6.45, 7) is 4.44. The second kappa shape index (κ2) is 6.67. The number of ether oxygens (including phenoxy) is 1. The summed E-state index contributed by atoms with van der Waals surface area (Å²) >= 11 is 0. The smallest absolute Gasteiger partial charge is 0.253 e. The van der Waals surface area contributed by atoms with Crippen molar-refractivity contribution < 1.29 is 9.53 Å². The number of nitrogens with one attached hydrogen (secondary N) is 1.